The van der Waals surface area contributed by atoms with Crippen molar-refractivity contribution in [2.24, 2.45) is 0 Å². The summed E-state index contributed by atoms with van der Waals surface area (Å²) >= 11 is 25.3. The molecule has 0 saturated carbocycles. The third-order valence-corrected chi connectivity index (χ3v) is 5.19. The topological polar surface area (TPSA) is 0 Å². The van der Waals surface area contributed by atoms with Crippen LogP contribution >= 0.6 is 46.4 Å². The first kappa shape index (κ1) is 16.1. The lowest BCUT2D eigenvalue weighted by molar-refractivity contribution is 1.63. The summed E-state index contributed by atoms with van der Waals surface area (Å²) in [4.78, 5) is 0. The molecule has 118 valence electrons. The van der Waals surface area contributed by atoms with Crippen molar-refractivity contribution in [3.05, 3.63) is 91.4 Å². The van der Waals surface area contributed by atoms with Crippen LogP contribution in [0.25, 0.3) is 22.8 Å². The summed E-state index contributed by atoms with van der Waals surface area (Å²) in [6.45, 7) is 0. The highest BCUT2D eigenvalue weighted by Crippen LogP contribution is 2.50. The van der Waals surface area contributed by atoms with E-state index < -0.39 is 0 Å². The van der Waals surface area contributed by atoms with Crippen LogP contribution in [0.5, 0.6) is 0 Å². The molecule has 0 atom stereocenters. The van der Waals surface area contributed by atoms with Crippen molar-refractivity contribution < 1.29 is 0 Å². The van der Waals surface area contributed by atoms with Crippen molar-refractivity contribution >= 4 is 58.1 Å². The second-order valence-electron chi connectivity index (χ2n) is 5.58. The van der Waals surface area contributed by atoms with Crippen molar-refractivity contribution in [2.45, 2.75) is 0 Å². The number of hydrogen-bond acceptors (Lipinski definition) is 0. The van der Waals surface area contributed by atoms with Crippen LogP contribution in [0.3, 0.4) is 0 Å². The lowest BCUT2D eigenvalue weighted by Gasteiger charge is -2.06. The highest BCUT2D eigenvalue weighted by atomic mass is 35.5. The van der Waals surface area contributed by atoms with E-state index in [4.69, 9.17) is 46.4 Å². The third-order valence-electron chi connectivity index (χ3n) is 4.09. The zero-order valence-electron chi connectivity index (χ0n) is 12.3. The molecule has 0 radical (unpaired) electrons. The summed E-state index contributed by atoms with van der Waals surface area (Å²) in [6.07, 6.45) is 2.05. The smallest absolute Gasteiger partial charge is 0.0505 e. The first-order chi connectivity index (χ1) is 11.5. The summed E-state index contributed by atoms with van der Waals surface area (Å²) < 4.78 is 0. The Labute approximate surface area is 160 Å². The Morgan fingerprint density at radius 3 is 2.17 bits per heavy atom. The molecule has 0 unspecified atom stereocenters. The molecule has 4 heteroatoms. The molecule has 0 spiro atoms. The van der Waals surface area contributed by atoms with Crippen LogP contribution < -0.4 is 0 Å². The van der Waals surface area contributed by atoms with Crippen LogP contribution in [0.15, 0.2) is 54.6 Å². The molecule has 1 aliphatic rings. The van der Waals surface area contributed by atoms with Gasteiger partial charge in [0.2, 0.25) is 0 Å². The Hall–Kier alpha value is -1.44. The number of hydrogen-bond donors (Lipinski definition) is 0. The van der Waals surface area contributed by atoms with Crippen LogP contribution in [-0.4, -0.2) is 0 Å². The largest absolute Gasteiger partial charge is 0.0843 e. The number of halogens is 4. The monoisotopic (exact) mass is 390 g/mol. The second kappa shape index (κ2) is 6.13. The maximum atomic E-state index is 6.47. The van der Waals surface area contributed by atoms with Gasteiger partial charge >= 0.3 is 0 Å². The van der Waals surface area contributed by atoms with E-state index in [1.54, 1.807) is 6.07 Å². The van der Waals surface area contributed by atoms with Crippen molar-refractivity contribution in [3.63, 3.8) is 0 Å². The summed E-state index contributed by atoms with van der Waals surface area (Å²) in [5.41, 5.74) is 6.00. The maximum Gasteiger partial charge on any atom is 0.0505 e. The second-order valence-corrected chi connectivity index (χ2v) is 7.27. The van der Waals surface area contributed by atoms with Gasteiger partial charge in [0.15, 0.2) is 0 Å². The van der Waals surface area contributed by atoms with Gasteiger partial charge in [0.1, 0.15) is 0 Å². The molecule has 24 heavy (non-hydrogen) atoms. The molecule has 0 aromatic heterocycles. The van der Waals surface area contributed by atoms with E-state index in [2.05, 4.69) is 6.08 Å². The summed E-state index contributed by atoms with van der Waals surface area (Å²) in [7, 11) is 0. The van der Waals surface area contributed by atoms with Crippen LogP contribution in [0, 0.1) is 0 Å². The van der Waals surface area contributed by atoms with Gasteiger partial charge in [0, 0.05) is 20.6 Å². The van der Waals surface area contributed by atoms with Gasteiger partial charge in [-0.2, -0.15) is 0 Å². The molecule has 0 nitrogen and oxygen atoms in total. The minimum absolute atomic E-state index is 0.600. The number of rotatable bonds is 1. The van der Waals surface area contributed by atoms with Gasteiger partial charge in [-0.1, -0.05) is 70.7 Å². The molecule has 0 aliphatic heterocycles. The average Bonchev–Trinajstić information content (AvgIpc) is 2.83. The van der Waals surface area contributed by atoms with Crippen LogP contribution in [0.1, 0.15) is 16.7 Å². The molecule has 0 N–H and O–H groups in total. The maximum absolute atomic E-state index is 6.47. The van der Waals surface area contributed by atoms with Crippen molar-refractivity contribution in [1.82, 2.24) is 0 Å². The van der Waals surface area contributed by atoms with E-state index in [9.17, 15) is 0 Å². The fourth-order valence-corrected chi connectivity index (χ4v) is 4.02. The Morgan fingerprint density at radius 1 is 0.625 bits per heavy atom. The van der Waals surface area contributed by atoms with Gasteiger partial charge in [0.05, 0.1) is 5.02 Å². The molecule has 3 aromatic rings. The fraction of sp³-hybridized carbons (Fsp3) is 0. The van der Waals surface area contributed by atoms with Crippen molar-refractivity contribution in [3.8, 4) is 11.1 Å². The van der Waals surface area contributed by atoms with Gasteiger partial charge in [-0.05, 0) is 64.2 Å². The van der Waals surface area contributed by atoms with Crippen molar-refractivity contribution in [2.75, 3.05) is 0 Å². The number of fused-ring (bicyclic) bond motifs is 3. The summed E-state index contributed by atoms with van der Waals surface area (Å²) in [5.74, 6) is 0. The fourth-order valence-electron chi connectivity index (χ4n) is 3.07. The molecular weight excluding hydrogens is 382 g/mol. The first-order valence-electron chi connectivity index (χ1n) is 7.30. The van der Waals surface area contributed by atoms with Crippen LogP contribution in [0.4, 0.5) is 0 Å². The Balaban J connectivity index is 2.05. The molecule has 0 bridgehead atoms. The zero-order valence-corrected chi connectivity index (χ0v) is 15.3. The highest BCUT2D eigenvalue weighted by Gasteiger charge is 2.26. The standard InChI is InChI=1S/C20H10Cl4/c21-12-5-6-14-16(8-12)15(7-11-3-1-2-4-18(11)23)17-9-13(22)10-19(24)20(14)17/h1-10H/b15-7-. The van der Waals surface area contributed by atoms with E-state index in [0.29, 0.717) is 20.1 Å². The molecule has 3 aromatic carbocycles. The lowest BCUT2D eigenvalue weighted by Crippen LogP contribution is -1.84. The Bertz CT molecular complexity index is 1000. The summed E-state index contributed by atoms with van der Waals surface area (Å²) in [5, 5.41) is 2.59. The minimum atomic E-state index is 0.600. The van der Waals surface area contributed by atoms with Gasteiger partial charge in [-0.25, -0.2) is 0 Å². The van der Waals surface area contributed by atoms with Crippen LogP contribution in [0.2, 0.25) is 20.1 Å². The minimum Gasteiger partial charge on any atom is -0.0843 e. The molecule has 1 aliphatic carbocycles. The predicted octanol–water partition coefficient (Wildman–Crippen LogP) is 7.87. The highest BCUT2D eigenvalue weighted by molar-refractivity contribution is 6.38. The summed E-state index contributed by atoms with van der Waals surface area (Å²) in [6, 6.07) is 17.2. The zero-order chi connectivity index (χ0) is 16.8. The first-order valence-corrected chi connectivity index (χ1v) is 8.82. The molecule has 0 heterocycles. The van der Waals surface area contributed by atoms with E-state index in [1.165, 1.54) is 0 Å². The van der Waals surface area contributed by atoms with Crippen LogP contribution in [-0.2, 0) is 0 Å². The normalized spacial score (nSPS) is 13.9. The quantitative estimate of drug-likeness (QED) is 0.309. The average molecular weight is 392 g/mol. The lowest BCUT2D eigenvalue weighted by atomic mass is 10.0. The molecule has 0 saturated heterocycles. The van der Waals surface area contributed by atoms with E-state index in [1.807, 2.05) is 48.5 Å². The Kier molecular flexibility index (Phi) is 4.10. The third kappa shape index (κ3) is 2.64. The van der Waals surface area contributed by atoms with Gasteiger partial charge < -0.3 is 0 Å². The molecule has 4 rings (SSSR count). The van der Waals surface area contributed by atoms with Gasteiger partial charge in [0.25, 0.3) is 0 Å². The van der Waals surface area contributed by atoms with Gasteiger partial charge in [-0.3, -0.25) is 0 Å². The van der Waals surface area contributed by atoms with Gasteiger partial charge in [-0.15, -0.1) is 0 Å². The SMILES string of the molecule is Clc1ccc2c(c1)/C(=C/c1ccccc1Cl)c1cc(Cl)cc(Cl)c1-2. The van der Waals surface area contributed by atoms with Crippen molar-refractivity contribution in [1.29, 1.82) is 0 Å². The van der Waals surface area contributed by atoms with E-state index >= 15 is 0 Å². The molecule has 0 fully saturated rings. The Morgan fingerprint density at radius 2 is 1.38 bits per heavy atom. The number of benzene rings is 3. The van der Waals surface area contributed by atoms with E-state index in [0.717, 1.165) is 33.4 Å². The molecular formula is C20H10Cl4. The van der Waals surface area contributed by atoms with E-state index in [-0.39, 0.29) is 0 Å². The predicted molar refractivity (Wildman–Crippen MR) is 105 cm³/mol. The molecule has 0 amide bonds.